The molecule has 5 rings (SSSR count). The number of rotatable bonds is 6. The fourth-order valence-electron chi connectivity index (χ4n) is 4.42. The van der Waals surface area contributed by atoms with Gasteiger partial charge in [0, 0.05) is 17.8 Å². The Labute approximate surface area is 183 Å². The number of aliphatic hydroxyl groups excluding tert-OH is 1. The van der Waals surface area contributed by atoms with Gasteiger partial charge in [0.05, 0.1) is 16.7 Å². The second kappa shape index (κ2) is 8.39. The van der Waals surface area contributed by atoms with Crippen molar-refractivity contribution in [2.24, 2.45) is 0 Å². The lowest BCUT2D eigenvalue weighted by atomic mass is 9.60. The van der Waals surface area contributed by atoms with Crippen LogP contribution < -0.4 is 15.4 Å². The first-order valence-electron chi connectivity index (χ1n) is 9.98. The average molecular weight is 449 g/mol. The van der Waals surface area contributed by atoms with Crippen molar-refractivity contribution >= 4 is 23.4 Å². The molecule has 3 aliphatic rings. The molecule has 3 aliphatic carbocycles. The van der Waals surface area contributed by atoms with Crippen LogP contribution in [-0.4, -0.2) is 50.9 Å². The van der Waals surface area contributed by atoms with Crippen LogP contribution >= 0.6 is 11.6 Å². The molecule has 0 spiro atoms. The Morgan fingerprint density at radius 3 is 2.65 bits per heavy atom. The topological polar surface area (TPSA) is 113 Å². The number of carbonyl (C=O) groups is 2. The van der Waals surface area contributed by atoms with Gasteiger partial charge in [0.15, 0.2) is 12.3 Å². The van der Waals surface area contributed by atoms with E-state index in [0.717, 1.165) is 6.07 Å². The summed E-state index contributed by atoms with van der Waals surface area (Å²) in [5.41, 5.74) is -1.13. The maximum absolute atomic E-state index is 13.5. The Kier molecular flexibility index (Phi) is 5.81. The molecule has 1 aromatic heterocycles. The third kappa shape index (κ3) is 4.47. The molecule has 1 heterocycles. The second-order valence-electron chi connectivity index (χ2n) is 8.13. The zero-order chi connectivity index (χ0) is 22.1. The lowest BCUT2D eigenvalue weighted by Gasteiger charge is -2.56. The number of amides is 2. The van der Waals surface area contributed by atoms with Crippen LogP contribution in [0, 0.1) is 5.82 Å². The molecule has 3 N–H and O–H groups in total. The number of ether oxygens (including phenoxy) is 1. The van der Waals surface area contributed by atoms with Crippen LogP contribution in [0.15, 0.2) is 36.5 Å². The van der Waals surface area contributed by atoms with Crippen molar-refractivity contribution in [2.75, 3.05) is 6.61 Å². The molecule has 164 valence electrons. The molecule has 0 aliphatic heterocycles. The van der Waals surface area contributed by atoms with Crippen molar-refractivity contribution in [3.63, 3.8) is 0 Å². The summed E-state index contributed by atoms with van der Waals surface area (Å²) in [6, 6.07) is 7.15. The van der Waals surface area contributed by atoms with Crippen LogP contribution in [0.5, 0.6) is 5.75 Å². The molecule has 3 saturated carbocycles. The maximum Gasteiger partial charge on any atom is 0.272 e. The number of hydrogen-bond acceptors (Lipinski definition) is 6. The van der Waals surface area contributed by atoms with Gasteiger partial charge in [0.2, 0.25) is 0 Å². The number of hydrogen-bond donors (Lipinski definition) is 3. The van der Waals surface area contributed by atoms with E-state index in [1.807, 2.05) is 0 Å². The Balaban J connectivity index is 1.34. The maximum atomic E-state index is 13.5. The molecular weight excluding hydrogens is 427 g/mol. The average Bonchev–Trinajstić information content (AvgIpc) is 2.76. The van der Waals surface area contributed by atoms with Gasteiger partial charge in [-0.3, -0.25) is 9.59 Å². The smallest absolute Gasteiger partial charge is 0.272 e. The van der Waals surface area contributed by atoms with Gasteiger partial charge in [-0.2, -0.15) is 5.10 Å². The number of carbonyl (C=O) groups excluding carboxylic acids is 2. The van der Waals surface area contributed by atoms with Crippen LogP contribution in [0.1, 0.15) is 42.6 Å². The molecule has 1 atom stereocenters. The van der Waals surface area contributed by atoms with E-state index in [4.69, 9.17) is 16.3 Å². The van der Waals surface area contributed by atoms with Gasteiger partial charge in [0.1, 0.15) is 11.6 Å². The van der Waals surface area contributed by atoms with Crippen LogP contribution in [0.3, 0.4) is 0 Å². The van der Waals surface area contributed by atoms with E-state index in [2.05, 4.69) is 20.8 Å². The standard InChI is InChI=1S/C21H22ClFN4O4/c22-14-4-3-13(10-15(14)23)31-12-18(29)25-20-5-7-21(8-6-20,17(28)11-20)26-19(30)16-2-1-9-24-27-16/h1-4,9-10,17,28H,5-8,11-12H2,(H,25,29)(H,26,30)/t17-,20?,21?/m0/s1. The monoisotopic (exact) mass is 448 g/mol. The molecular formula is C21H22ClFN4O4. The number of aliphatic hydroxyl groups is 1. The molecule has 2 amide bonds. The fourth-order valence-corrected chi connectivity index (χ4v) is 4.54. The van der Waals surface area contributed by atoms with E-state index in [1.54, 1.807) is 12.1 Å². The molecule has 0 saturated heterocycles. The Hall–Kier alpha value is -2.78. The number of fused-ring (bicyclic) bond motifs is 3. The third-order valence-corrected chi connectivity index (χ3v) is 6.46. The number of nitrogens with zero attached hydrogens (tertiary/aromatic N) is 2. The van der Waals surface area contributed by atoms with Crippen LogP contribution in [-0.2, 0) is 4.79 Å². The Morgan fingerprint density at radius 1 is 1.23 bits per heavy atom. The molecule has 8 nitrogen and oxygen atoms in total. The van der Waals surface area contributed by atoms with E-state index >= 15 is 0 Å². The van der Waals surface area contributed by atoms with Crippen molar-refractivity contribution in [1.82, 2.24) is 20.8 Å². The van der Waals surface area contributed by atoms with Gasteiger partial charge >= 0.3 is 0 Å². The van der Waals surface area contributed by atoms with Crippen molar-refractivity contribution in [1.29, 1.82) is 0 Å². The van der Waals surface area contributed by atoms with Crippen molar-refractivity contribution in [3.05, 3.63) is 53.1 Å². The Morgan fingerprint density at radius 2 is 2.00 bits per heavy atom. The molecule has 10 heteroatoms. The molecule has 31 heavy (non-hydrogen) atoms. The first-order valence-corrected chi connectivity index (χ1v) is 10.4. The summed E-state index contributed by atoms with van der Waals surface area (Å²) in [7, 11) is 0. The van der Waals surface area contributed by atoms with Gasteiger partial charge in [-0.1, -0.05) is 11.6 Å². The van der Waals surface area contributed by atoms with Crippen LogP contribution in [0.25, 0.3) is 0 Å². The normalized spacial score (nSPS) is 26.9. The molecule has 0 unspecified atom stereocenters. The SMILES string of the molecule is O=C(COc1ccc(Cl)c(F)c1)NC12CCC(NC(=O)c3cccnn3)(CC1)[C@@H](O)C2. The summed E-state index contributed by atoms with van der Waals surface area (Å²) in [5.74, 6) is -1.16. The summed E-state index contributed by atoms with van der Waals surface area (Å²) in [4.78, 5) is 25.0. The molecule has 1 aromatic carbocycles. The molecule has 3 fully saturated rings. The molecule has 2 aromatic rings. The lowest BCUT2D eigenvalue weighted by Crippen LogP contribution is -2.70. The van der Waals surface area contributed by atoms with Gasteiger partial charge < -0.3 is 20.5 Å². The summed E-state index contributed by atoms with van der Waals surface area (Å²) in [6.45, 7) is -0.284. The van der Waals surface area contributed by atoms with Crippen molar-refractivity contribution in [2.45, 2.75) is 49.3 Å². The Bertz CT molecular complexity index is 983. The van der Waals surface area contributed by atoms with Gasteiger partial charge in [-0.15, -0.1) is 5.10 Å². The quantitative estimate of drug-likeness (QED) is 0.623. The second-order valence-corrected chi connectivity index (χ2v) is 8.54. The number of halogens is 2. The van der Waals surface area contributed by atoms with Crippen molar-refractivity contribution < 1.29 is 23.8 Å². The van der Waals surface area contributed by atoms with E-state index in [9.17, 15) is 19.1 Å². The number of benzene rings is 1. The summed E-state index contributed by atoms with van der Waals surface area (Å²) in [5, 5.41) is 24.2. The minimum absolute atomic E-state index is 0.0241. The summed E-state index contributed by atoms with van der Waals surface area (Å²) < 4.78 is 18.9. The minimum atomic E-state index is -0.817. The van der Waals surface area contributed by atoms with E-state index < -0.39 is 23.0 Å². The number of aromatic nitrogens is 2. The highest BCUT2D eigenvalue weighted by Gasteiger charge is 2.55. The highest BCUT2D eigenvalue weighted by Crippen LogP contribution is 2.47. The van der Waals surface area contributed by atoms with Gasteiger partial charge in [-0.05, 0) is 56.4 Å². The zero-order valence-electron chi connectivity index (χ0n) is 16.6. The first-order chi connectivity index (χ1) is 14.8. The highest BCUT2D eigenvalue weighted by atomic mass is 35.5. The first kappa shape index (κ1) is 21.5. The fraction of sp³-hybridized carbons (Fsp3) is 0.429. The van der Waals surface area contributed by atoms with Crippen LogP contribution in [0.2, 0.25) is 5.02 Å². The summed E-state index contributed by atoms with van der Waals surface area (Å²) in [6.07, 6.45) is 3.22. The minimum Gasteiger partial charge on any atom is -0.484 e. The molecule has 2 bridgehead atoms. The lowest BCUT2D eigenvalue weighted by molar-refractivity contribution is -0.129. The van der Waals surface area contributed by atoms with Crippen molar-refractivity contribution in [3.8, 4) is 5.75 Å². The van der Waals surface area contributed by atoms with Gasteiger partial charge in [-0.25, -0.2) is 4.39 Å². The number of nitrogens with one attached hydrogen (secondary N) is 2. The largest absolute Gasteiger partial charge is 0.484 e. The van der Waals surface area contributed by atoms with E-state index in [-0.39, 0.29) is 34.9 Å². The zero-order valence-corrected chi connectivity index (χ0v) is 17.4. The highest BCUT2D eigenvalue weighted by molar-refractivity contribution is 6.30. The predicted octanol–water partition coefficient (Wildman–Crippen LogP) is 2.01. The van der Waals surface area contributed by atoms with Gasteiger partial charge in [0.25, 0.3) is 11.8 Å². The van der Waals surface area contributed by atoms with E-state index in [1.165, 1.54) is 18.3 Å². The predicted molar refractivity (Wildman–Crippen MR) is 109 cm³/mol. The third-order valence-electron chi connectivity index (χ3n) is 6.15. The molecule has 0 radical (unpaired) electrons. The van der Waals surface area contributed by atoms with E-state index in [0.29, 0.717) is 32.1 Å². The summed E-state index contributed by atoms with van der Waals surface area (Å²) >= 11 is 5.64. The van der Waals surface area contributed by atoms with Crippen LogP contribution in [0.4, 0.5) is 4.39 Å².